The average Bonchev–Trinajstić information content (AvgIpc) is 2.41. The molecule has 0 aromatic heterocycles. The van der Waals surface area contributed by atoms with Crippen LogP contribution in [0.5, 0.6) is 0 Å². The summed E-state index contributed by atoms with van der Waals surface area (Å²) in [7, 11) is -2.31. The van der Waals surface area contributed by atoms with Gasteiger partial charge in [-0.3, -0.25) is 0 Å². The predicted octanol–water partition coefficient (Wildman–Crippen LogP) is 2.26. The van der Waals surface area contributed by atoms with Gasteiger partial charge in [-0.1, -0.05) is 24.3 Å². The van der Waals surface area contributed by atoms with Gasteiger partial charge in [-0.05, 0) is 23.4 Å². The Morgan fingerprint density at radius 3 is 2.64 bits per heavy atom. The molecule has 1 heterocycles. The smallest absolute Gasteiger partial charge is 0.0745 e. The van der Waals surface area contributed by atoms with Gasteiger partial charge in [-0.25, -0.2) is 4.21 Å². The molecule has 1 unspecified atom stereocenters. The molecule has 3 heteroatoms. The van der Waals surface area contributed by atoms with Gasteiger partial charge >= 0.3 is 0 Å². The molecule has 0 radical (unpaired) electrons. The van der Waals surface area contributed by atoms with Crippen molar-refractivity contribution in [1.29, 1.82) is 0 Å². The lowest BCUT2D eigenvalue weighted by Gasteiger charge is -2.00. The highest BCUT2D eigenvalue weighted by Crippen LogP contribution is 2.36. The highest BCUT2D eigenvalue weighted by atomic mass is 32.2. The zero-order chi connectivity index (χ0) is 9.76. The molecule has 0 spiro atoms. The molecule has 0 saturated carbocycles. The van der Waals surface area contributed by atoms with Crippen molar-refractivity contribution in [2.45, 2.75) is 4.90 Å². The van der Waals surface area contributed by atoms with Crippen LogP contribution in [0.2, 0.25) is 0 Å². The first-order valence-corrected chi connectivity index (χ1v) is 6.08. The van der Waals surface area contributed by atoms with E-state index in [0.29, 0.717) is 0 Å². The Labute approximate surface area is 82.7 Å². The van der Waals surface area contributed by atoms with E-state index in [1.165, 1.54) is 0 Å². The predicted molar refractivity (Wildman–Crippen MR) is 61.1 cm³/mol. The summed E-state index contributed by atoms with van der Waals surface area (Å²) in [6, 6.07) is 11.7. The van der Waals surface area contributed by atoms with E-state index >= 15 is 0 Å². The SMILES string of the molecule is C=S1(=O)Nc2cccc3cccc1c23. The molecule has 0 aliphatic carbocycles. The van der Waals surface area contributed by atoms with E-state index in [1.54, 1.807) is 0 Å². The molecule has 14 heavy (non-hydrogen) atoms. The fraction of sp³-hybridized carbons (Fsp3) is 0. The van der Waals surface area contributed by atoms with Crippen molar-refractivity contribution in [3.8, 4) is 0 Å². The molecular weight excluding hydrogens is 194 g/mol. The van der Waals surface area contributed by atoms with Crippen LogP contribution in [0.15, 0.2) is 41.3 Å². The molecule has 1 aliphatic rings. The summed E-state index contributed by atoms with van der Waals surface area (Å²) in [5, 5.41) is 2.16. The first-order chi connectivity index (χ1) is 6.68. The van der Waals surface area contributed by atoms with Gasteiger partial charge in [-0.2, -0.15) is 0 Å². The van der Waals surface area contributed by atoms with Crippen molar-refractivity contribution in [3.05, 3.63) is 36.4 Å². The molecule has 1 N–H and O–H groups in total. The molecule has 0 bridgehead atoms. The van der Waals surface area contributed by atoms with Crippen molar-refractivity contribution >= 4 is 32.0 Å². The molecule has 1 atom stereocenters. The van der Waals surface area contributed by atoms with Crippen LogP contribution in [-0.4, -0.2) is 10.1 Å². The van der Waals surface area contributed by atoms with Gasteiger partial charge in [0.1, 0.15) is 0 Å². The fourth-order valence-electron chi connectivity index (χ4n) is 1.90. The normalized spacial score (nSPS) is 23.7. The third-order valence-electron chi connectivity index (χ3n) is 2.50. The van der Waals surface area contributed by atoms with E-state index in [9.17, 15) is 4.21 Å². The van der Waals surface area contributed by atoms with Gasteiger partial charge in [-0.15, -0.1) is 0 Å². The van der Waals surface area contributed by atoms with Crippen molar-refractivity contribution in [3.63, 3.8) is 0 Å². The first-order valence-electron chi connectivity index (χ1n) is 4.35. The van der Waals surface area contributed by atoms with E-state index in [-0.39, 0.29) is 0 Å². The second-order valence-electron chi connectivity index (χ2n) is 3.44. The Bertz CT molecular complexity index is 624. The monoisotopic (exact) mass is 203 g/mol. The molecule has 0 amide bonds. The summed E-state index contributed by atoms with van der Waals surface area (Å²) < 4.78 is 15.0. The standard InChI is InChI=1S/C11H9NOS/c1-14(13)10-7-3-5-8-4-2-6-9(12-14)11(8)10/h2-7H,1H2,(H,12,13). The molecule has 2 aromatic rings. The third kappa shape index (κ3) is 0.849. The minimum Gasteiger partial charge on any atom is -0.309 e. The minimum absolute atomic E-state index is 0.825. The lowest BCUT2D eigenvalue weighted by Crippen LogP contribution is -2.05. The number of benzene rings is 2. The van der Waals surface area contributed by atoms with Crippen LogP contribution in [-0.2, 0) is 9.71 Å². The number of nitrogens with one attached hydrogen (secondary N) is 1. The van der Waals surface area contributed by atoms with Gasteiger partial charge in [0.2, 0.25) is 0 Å². The van der Waals surface area contributed by atoms with Crippen molar-refractivity contribution < 1.29 is 4.21 Å². The lowest BCUT2D eigenvalue weighted by atomic mass is 10.1. The van der Waals surface area contributed by atoms with Crippen molar-refractivity contribution in [2.24, 2.45) is 0 Å². The van der Waals surface area contributed by atoms with E-state index in [2.05, 4.69) is 10.6 Å². The zero-order valence-electron chi connectivity index (χ0n) is 7.49. The zero-order valence-corrected chi connectivity index (χ0v) is 8.30. The summed E-state index contributed by atoms with van der Waals surface area (Å²) in [6.45, 7) is 0. The highest BCUT2D eigenvalue weighted by molar-refractivity contribution is 8.02. The number of anilines is 1. The molecular formula is C11H9NOS. The maximum absolute atomic E-state index is 12.1. The van der Waals surface area contributed by atoms with Crippen molar-refractivity contribution in [2.75, 3.05) is 4.72 Å². The third-order valence-corrected chi connectivity index (χ3v) is 4.10. The van der Waals surface area contributed by atoms with Crippen LogP contribution in [0.25, 0.3) is 10.8 Å². The summed E-state index contributed by atoms with van der Waals surface area (Å²) in [5.41, 5.74) is 0.929. The maximum atomic E-state index is 12.1. The van der Waals surface area contributed by atoms with Crippen LogP contribution in [0, 0.1) is 0 Å². The second-order valence-corrected chi connectivity index (χ2v) is 5.43. The number of rotatable bonds is 0. The Kier molecular flexibility index (Phi) is 1.30. The summed E-state index contributed by atoms with van der Waals surface area (Å²) in [4.78, 5) is 0.825. The molecule has 0 fully saturated rings. The lowest BCUT2D eigenvalue weighted by molar-refractivity contribution is 0.686. The topological polar surface area (TPSA) is 29.1 Å². The van der Waals surface area contributed by atoms with E-state index in [0.717, 1.165) is 21.4 Å². The van der Waals surface area contributed by atoms with E-state index in [1.807, 2.05) is 36.4 Å². The first kappa shape index (κ1) is 7.88. The van der Waals surface area contributed by atoms with Gasteiger partial charge in [0, 0.05) is 5.39 Å². The van der Waals surface area contributed by atoms with E-state index in [4.69, 9.17) is 0 Å². The maximum Gasteiger partial charge on any atom is 0.0745 e. The molecule has 2 nitrogen and oxygen atoms in total. The van der Waals surface area contributed by atoms with Crippen LogP contribution >= 0.6 is 0 Å². The van der Waals surface area contributed by atoms with Gasteiger partial charge in [0.25, 0.3) is 0 Å². The average molecular weight is 203 g/mol. The Morgan fingerprint density at radius 2 is 1.86 bits per heavy atom. The Morgan fingerprint density at radius 1 is 1.14 bits per heavy atom. The molecule has 2 aromatic carbocycles. The number of hydrogen-bond donors (Lipinski definition) is 1. The molecule has 0 saturated heterocycles. The Balaban J connectivity index is 2.63. The molecule has 1 aliphatic heterocycles. The number of hydrogen-bond acceptors (Lipinski definition) is 1. The molecule has 70 valence electrons. The van der Waals surface area contributed by atoms with Crippen LogP contribution < -0.4 is 4.72 Å². The molecule has 3 rings (SSSR count). The Hall–Kier alpha value is -1.48. The fourth-order valence-corrected chi connectivity index (χ4v) is 3.39. The van der Waals surface area contributed by atoms with Crippen LogP contribution in [0.4, 0.5) is 5.69 Å². The second kappa shape index (κ2) is 2.30. The highest BCUT2D eigenvalue weighted by Gasteiger charge is 2.21. The van der Waals surface area contributed by atoms with Gasteiger partial charge in [0.15, 0.2) is 0 Å². The summed E-state index contributed by atoms with van der Waals surface area (Å²) >= 11 is 0. The minimum atomic E-state index is -2.31. The van der Waals surface area contributed by atoms with Gasteiger partial charge in [0.05, 0.1) is 20.3 Å². The van der Waals surface area contributed by atoms with Crippen LogP contribution in [0.3, 0.4) is 0 Å². The quantitative estimate of drug-likeness (QED) is 0.654. The van der Waals surface area contributed by atoms with E-state index < -0.39 is 9.71 Å². The summed E-state index contributed by atoms with van der Waals surface area (Å²) in [5.74, 6) is 3.73. The summed E-state index contributed by atoms with van der Waals surface area (Å²) in [6.07, 6.45) is 0. The van der Waals surface area contributed by atoms with Gasteiger partial charge < -0.3 is 4.72 Å². The van der Waals surface area contributed by atoms with Crippen molar-refractivity contribution in [1.82, 2.24) is 0 Å². The van der Waals surface area contributed by atoms with Crippen LogP contribution in [0.1, 0.15) is 0 Å². The largest absolute Gasteiger partial charge is 0.309 e.